The van der Waals surface area contributed by atoms with Crippen molar-refractivity contribution in [1.82, 2.24) is 0 Å². The zero-order valence-electron chi connectivity index (χ0n) is 7.26. The summed E-state index contributed by atoms with van der Waals surface area (Å²) in [4.78, 5) is 0. The van der Waals surface area contributed by atoms with E-state index >= 15 is 0 Å². The molecule has 0 aliphatic rings. The van der Waals surface area contributed by atoms with Crippen LogP contribution in [0.4, 0.5) is 4.39 Å². The first kappa shape index (κ1) is 8.98. The van der Waals surface area contributed by atoms with Gasteiger partial charge in [0.25, 0.3) is 0 Å². The number of halogens is 1. The molecule has 1 atom stereocenters. The summed E-state index contributed by atoms with van der Waals surface area (Å²) in [6.07, 6.45) is 2.57. The summed E-state index contributed by atoms with van der Waals surface area (Å²) in [5.74, 6) is 0.216. The molecule has 0 radical (unpaired) electrons. The minimum atomic E-state index is -0.119. The van der Waals surface area contributed by atoms with Gasteiger partial charge in [-0.05, 0) is 24.0 Å². The number of hydrogen-bond donors (Lipinski definition) is 0. The average Bonchev–Trinajstić information content (AvgIpc) is 2.09. The summed E-state index contributed by atoms with van der Waals surface area (Å²) in [6.45, 7) is 5.69. The molecule has 1 rings (SSSR count). The lowest BCUT2D eigenvalue weighted by Crippen LogP contribution is -1.97. The fourth-order valence-corrected chi connectivity index (χ4v) is 1.09. The lowest BCUT2D eigenvalue weighted by atomic mass is 10.0. The molecule has 1 aromatic rings. The largest absolute Gasteiger partial charge is 0.207 e. The Morgan fingerprint density at radius 3 is 2.75 bits per heavy atom. The zero-order chi connectivity index (χ0) is 8.97. The van der Waals surface area contributed by atoms with Crippen LogP contribution in [0.1, 0.15) is 12.5 Å². The van der Waals surface area contributed by atoms with Crippen LogP contribution < -0.4 is 0 Å². The summed E-state index contributed by atoms with van der Waals surface area (Å²) < 4.78 is 13.1. The summed E-state index contributed by atoms with van der Waals surface area (Å²) in [5.41, 5.74) is 0.768. The molecule has 0 aromatic heterocycles. The van der Waals surface area contributed by atoms with E-state index in [1.54, 1.807) is 6.07 Å². The first-order chi connectivity index (χ1) is 5.74. The van der Waals surface area contributed by atoms with Gasteiger partial charge in [0.05, 0.1) is 0 Å². The first-order valence-electron chi connectivity index (χ1n) is 4.10. The van der Waals surface area contributed by atoms with Crippen molar-refractivity contribution in [3.05, 3.63) is 48.3 Å². The molecule has 0 amide bonds. The Bertz CT molecular complexity index is 265. The summed E-state index contributed by atoms with van der Waals surface area (Å²) >= 11 is 0. The van der Waals surface area contributed by atoms with E-state index < -0.39 is 0 Å². The highest BCUT2D eigenvalue weighted by atomic mass is 19.1. The summed E-state index contributed by atoms with van der Waals surface area (Å²) in [5, 5.41) is 0. The van der Waals surface area contributed by atoms with Crippen LogP contribution in [0.15, 0.2) is 36.9 Å². The van der Waals surface area contributed by atoms with Gasteiger partial charge in [-0.2, -0.15) is 0 Å². The molecule has 0 bridgehead atoms. The maximum Gasteiger partial charge on any atom is 0.126 e. The second-order valence-corrected chi connectivity index (χ2v) is 3.01. The van der Waals surface area contributed by atoms with Gasteiger partial charge in [-0.15, -0.1) is 6.58 Å². The highest BCUT2D eigenvalue weighted by Crippen LogP contribution is 2.12. The number of rotatable bonds is 3. The Kier molecular flexibility index (Phi) is 3.03. The molecule has 1 unspecified atom stereocenters. The van der Waals surface area contributed by atoms with Crippen LogP contribution in [-0.4, -0.2) is 0 Å². The predicted molar refractivity (Wildman–Crippen MR) is 49.5 cm³/mol. The van der Waals surface area contributed by atoms with E-state index in [-0.39, 0.29) is 5.82 Å². The molecule has 0 fully saturated rings. The average molecular weight is 164 g/mol. The molecular formula is C11H13F. The van der Waals surface area contributed by atoms with Crippen molar-refractivity contribution in [2.75, 3.05) is 0 Å². The quantitative estimate of drug-likeness (QED) is 0.602. The molecule has 0 aliphatic carbocycles. The highest BCUT2D eigenvalue weighted by molar-refractivity contribution is 5.18. The van der Waals surface area contributed by atoms with Gasteiger partial charge in [0.1, 0.15) is 5.82 Å². The molecule has 12 heavy (non-hydrogen) atoms. The third kappa shape index (κ3) is 2.19. The van der Waals surface area contributed by atoms with Gasteiger partial charge in [-0.3, -0.25) is 0 Å². The lowest BCUT2D eigenvalue weighted by Gasteiger charge is -2.05. The van der Waals surface area contributed by atoms with E-state index in [0.717, 1.165) is 12.0 Å². The fraction of sp³-hybridized carbons (Fsp3) is 0.273. The number of allylic oxidation sites excluding steroid dienone is 1. The van der Waals surface area contributed by atoms with Crippen LogP contribution in [0, 0.1) is 11.7 Å². The third-order valence-electron chi connectivity index (χ3n) is 1.90. The molecule has 0 saturated carbocycles. The van der Waals surface area contributed by atoms with Crippen molar-refractivity contribution >= 4 is 0 Å². The van der Waals surface area contributed by atoms with E-state index in [2.05, 4.69) is 6.58 Å². The minimum absolute atomic E-state index is 0.119. The van der Waals surface area contributed by atoms with Gasteiger partial charge in [-0.1, -0.05) is 31.2 Å². The lowest BCUT2D eigenvalue weighted by molar-refractivity contribution is 0.592. The Morgan fingerprint density at radius 1 is 1.50 bits per heavy atom. The molecule has 0 aliphatic heterocycles. The van der Waals surface area contributed by atoms with E-state index in [0.29, 0.717) is 5.92 Å². The van der Waals surface area contributed by atoms with Crippen molar-refractivity contribution in [3.8, 4) is 0 Å². The topological polar surface area (TPSA) is 0 Å². The van der Waals surface area contributed by atoms with Crippen LogP contribution in [0.2, 0.25) is 0 Å². The van der Waals surface area contributed by atoms with Gasteiger partial charge < -0.3 is 0 Å². The maximum absolute atomic E-state index is 13.1. The SMILES string of the molecule is C=CC(C)Cc1ccccc1F. The van der Waals surface area contributed by atoms with Gasteiger partial charge in [0.2, 0.25) is 0 Å². The second kappa shape index (κ2) is 4.05. The van der Waals surface area contributed by atoms with Crippen molar-refractivity contribution < 1.29 is 4.39 Å². The van der Waals surface area contributed by atoms with Crippen molar-refractivity contribution in [1.29, 1.82) is 0 Å². The van der Waals surface area contributed by atoms with Gasteiger partial charge in [0, 0.05) is 0 Å². The van der Waals surface area contributed by atoms with E-state index in [9.17, 15) is 4.39 Å². The molecule has 0 nitrogen and oxygen atoms in total. The van der Waals surface area contributed by atoms with Crippen molar-refractivity contribution in [3.63, 3.8) is 0 Å². The van der Waals surface area contributed by atoms with Crippen LogP contribution in [0.5, 0.6) is 0 Å². The smallest absolute Gasteiger partial charge is 0.126 e. The third-order valence-corrected chi connectivity index (χ3v) is 1.90. The molecule has 1 aromatic carbocycles. The van der Waals surface area contributed by atoms with Gasteiger partial charge in [-0.25, -0.2) is 4.39 Å². The van der Waals surface area contributed by atoms with Gasteiger partial charge >= 0.3 is 0 Å². The van der Waals surface area contributed by atoms with Crippen molar-refractivity contribution in [2.45, 2.75) is 13.3 Å². The monoisotopic (exact) mass is 164 g/mol. The van der Waals surface area contributed by atoms with E-state index in [1.807, 2.05) is 25.1 Å². The molecule has 0 heterocycles. The van der Waals surface area contributed by atoms with Crippen LogP contribution in [-0.2, 0) is 6.42 Å². The predicted octanol–water partition coefficient (Wildman–Crippen LogP) is 3.19. The number of benzene rings is 1. The molecule has 1 heteroatoms. The maximum atomic E-state index is 13.1. The Morgan fingerprint density at radius 2 is 2.17 bits per heavy atom. The zero-order valence-corrected chi connectivity index (χ0v) is 7.26. The highest BCUT2D eigenvalue weighted by Gasteiger charge is 2.03. The minimum Gasteiger partial charge on any atom is -0.207 e. The Balaban J connectivity index is 2.75. The van der Waals surface area contributed by atoms with Crippen LogP contribution >= 0.6 is 0 Å². The first-order valence-corrected chi connectivity index (χ1v) is 4.10. The molecule has 64 valence electrons. The standard InChI is InChI=1S/C11H13F/c1-3-9(2)8-10-6-4-5-7-11(10)12/h3-7,9H,1,8H2,2H3. The van der Waals surface area contributed by atoms with Gasteiger partial charge in [0.15, 0.2) is 0 Å². The molecule has 0 N–H and O–H groups in total. The molecule has 0 saturated heterocycles. The Hall–Kier alpha value is -1.11. The van der Waals surface area contributed by atoms with E-state index in [1.165, 1.54) is 6.07 Å². The van der Waals surface area contributed by atoms with Crippen molar-refractivity contribution in [2.24, 2.45) is 5.92 Å². The van der Waals surface area contributed by atoms with Crippen LogP contribution in [0.3, 0.4) is 0 Å². The summed E-state index contributed by atoms with van der Waals surface area (Å²) in [6, 6.07) is 6.87. The van der Waals surface area contributed by atoms with E-state index in [4.69, 9.17) is 0 Å². The van der Waals surface area contributed by atoms with Crippen LogP contribution in [0.25, 0.3) is 0 Å². The summed E-state index contributed by atoms with van der Waals surface area (Å²) in [7, 11) is 0. The number of hydrogen-bond acceptors (Lipinski definition) is 0. The Labute approximate surface area is 72.7 Å². The fourth-order valence-electron chi connectivity index (χ4n) is 1.09. The molecule has 0 spiro atoms. The second-order valence-electron chi connectivity index (χ2n) is 3.01. The normalized spacial score (nSPS) is 12.5. The molecular weight excluding hydrogens is 151 g/mol.